The second-order valence-electron chi connectivity index (χ2n) is 4.64. The smallest absolute Gasteiger partial charge is 0.225 e. The Morgan fingerprint density at radius 2 is 2.20 bits per heavy atom. The molecule has 7 heteroatoms. The summed E-state index contributed by atoms with van der Waals surface area (Å²) in [7, 11) is 0. The highest BCUT2D eigenvalue weighted by Gasteiger charge is 2.21. The first-order chi connectivity index (χ1) is 9.79. The van der Waals surface area contributed by atoms with Gasteiger partial charge < -0.3 is 15.2 Å². The molecule has 2 aromatic rings. The normalized spacial score (nSPS) is 13.9. The lowest BCUT2D eigenvalue weighted by Gasteiger charge is -2.08. The maximum absolute atomic E-state index is 8.66. The van der Waals surface area contributed by atoms with Crippen LogP contribution in [0.1, 0.15) is 16.9 Å². The van der Waals surface area contributed by atoms with Crippen LogP contribution in [0.25, 0.3) is 10.2 Å². The van der Waals surface area contributed by atoms with E-state index < -0.39 is 0 Å². The molecule has 0 spiro atoms. The number of anilines is 1. The number of aryl methyl sites for hydroxylation is 2. The van der Waals surface area contributed by atoms with Crippen molar-refractivity contribution < 1.29 is 9.84 Å². The predicted octanol–water partition coefficient (Wildman–Crippen LogP) is 2.25. The van der Waals surface area contributed by atoms with Crippen molar-refractivity contribution >= 4 is 39.0 Å². The third kappa shape index (κ3) is 2.74. The van der Waals surface area contributed by atoms with E-state index in [1.54, 1.807) is 11.3 Å². The number of nitrogens with one attached hydrogen (secondary N) is 1. The number of aliphatic hydroxyl groups excluding tert-OH is 1. The number of halogens is 1. The summed E-state index contributed by atoms with van der Waals surface area (Å²) < 4.78 is 5.23. The molecular formula is C13H16ClN3O2S. The average molecular weight is 314 g/mol. The van der Waals surface area contributed by atoms with Gasteiger partial charge in [0.05, 0.1) is 25.2 Å². The summed E-state index contributed by atoms with van der Waals surface area (Å²) in [4.78, 5) is 11.0. The van der Waals surface area contributed by atoms with Crippen molar-refractivity contribution in [2.24, 2.45) is 0 Å². The molecule has 0 bridgehead atoms. The number of hydrogen-bond acceptors (Lipinski definition) is 6. The first-order valence-corrected chi connectivity index (χ1v) is 7.89. The molecule has 0 fully saturated rings. The zero-order valence-electron chi connectivity index (χ0n) is 11.0. The van der Waals surface area contributed by atoms with Crippen LogP contribution in [0.5, 0.6) is 0 Å². The Labute approximate surface area is 126 Å². The summed E-state index contributed by atoms with van der Waals surface area (Å²) >= 11 is 7.71. The second kappa shape index (κ2) is 6.22. The molecule has 0 radical (unpaired) electrons. The second-order valence-corrected chi connectivity index (χ2v) is 6.06. The molecule has 0 atom stereocenters. The topological polar surface area (TPSA) is 67.3 Å². The minimum Gasteiger partial charge on any atom is -0.394 e. The Bertz CT molecular complexity index is 617. The van der Waals surface area contributed by atoms with Crippen molar-refractivity contribution in [1.82, 2.24) is 9.97 Å². The van der Waals surface area contributed by atoms with Crippen LogP contribution >= 0.6 is 22.9 Å². The molecule has 2 N–H and O–H groups in total. The lowest BCUT2D eigenvalue weighted by atomic mass is 10.2. The van der Waals surface area contributed by atoms with Crippen molar-refractivity contribution in [1.29, 1.82) is 0 Å². The Morgan fingerprint density at radius 1 is 1.30 bits per heavy atom. The summed E-state index contributed by atoms with van der Waals surface area (Å²) in [5.41, 5.74) is 1.38. The Kier molecular flexibility index (Phi) is 4.35. The fraction of sp³-hybridized carbons (Fsp3) is 0.538. The molecule has 1 aliphatic carbocycles. The number of aliphatic hydroxyl groups is 1. The van der Waals surface area contributed by atoms with Crippen LogP contribution in [0.2, 0.25) is 5.28 Å². The Balaban J connectivity index is 1.82. The van der Waals surface area contributed by atoms with Gasteiger partial charge in [0.1, 0.15) is 10.6 Å². The van der Waals surface area contributed by atoms with E-state index in [0.717, 1.165) is 28.9 Å². The molecular weight excluding hydrogens is 298 g/mol. The van der Waals surface area contributed by atoms with Crippen LogP contribution < -0.4 is 5.32 Å². The fourth-order valence-corrected chi connectivity index (χ4v) is 3.99. The van der Waals surface area contributed by atoms with Crippen molar-refractivity contribution in [2.75, 3.05) is 31.7 Å². The number of ether oxygens (including phenoxy) is 1. The highest BCUT2D eigenvalue weighted by molar-refractivity contribution is 7.19. The van der Waals surface area contributed by atoms with Gasteiger partial charge in [-0.25, -0.2) is 9.97 Å². The molecule has 20 heavy (non-hydrogen) atoms. The molecule has 2 heterocycles. The van der Waals surface area contributed by atoms with E-state index in [2.05, 4.69) is 15.3 Å². The number of rotatable bonds is 6. The van der Waals surface area contributed by atoms with E-state index in [-0.39, 0.29) is 11.9 Å². The van der Waals surface area contributed by atoms with E-state index in [1.165, 1.54) is 16.9 Å². The standard InChI is InChI=1S/C13H16ClN3O2S/c14-13-16-11(15-4-6-19-7-5-18)10-8-2-1-3-9(8)20-12(10)17-13/h18H,1-7H2,(H,15,16,17). The van der Waals surface area contributed by atoms with Gasteiger partial charge in [-0.1, -0.05) is 0 Å². The molecule has 2 aromatic heterocycles. The zero-order valence-corrected chi connectivity index (χ0v) is 12.6. The summed E-state index contributed by atoms with van der Waals surface area (Å²) in [6.07, 6.45) is 3.43. The summed E-state index contributed by atoms with van der Waals surface area (Å²) in [5.74, 6) is 0.798. The fourth-order valence-electron chi connectivity index (χ4n) is 2.51. The lowest BCUT2D eigenvalue weighted by molar-refractivity contribution is 0.0992. The minimum absolute atomic E-state index is 0.0433. The number of fused-ring (bicyclic) bond motifs is 3. The van der Waals surface area contributed by atoms with Gasteiger partial charge in [-0.2, -0.15) is 0 Å². The van der Waals surface area contributed by atoms with E-state index in [0.29, 0.717) is 19.8 Å². The van der Waals surface area contributed by atoms with Crippen LogP contribution in [0, 0.1) is 0 Å². The lowest BCUT2D eigenvalue weighted by Crippen LogP contribution is -2.12. The van der Waals surface area contributed by atoms with Gasteiger partial charge in [0.25, 0.3) is 0 Å². The minimum atomic E-state index is 0.0433. The van der Waals surface area contributed by atoms with Crippen LogP contribution in [0.4, 0.5) is 5.82 Å². The zero-order chi connectivity index (χ0) is 13.9. The van der Waals surface area contributed by atoms with Crippen LogP contribution in [-0.4, -0.2) is 41.4 Å². The third-order valence-electron chi connectivity index (χ3n) is 3.31. The van der Waals surface area contributed by atoms with Crippen molar-refractivity contribution in [3.63, 3.8) is 0 Å². The van der Waals surface area contributed by atoms with Gasteiger partial charge in [-0.3, -0.25) is 0 Å². The maximum Gasteiger partial charge on any atom is 0.225 e. The van der Waals surface area contributed by atoms with E-state index in [1.807, 2.05) is 0 Å². The van der Waals surface area contributed by atoms with E-state index in [4.69, 9.17) is 21.4 Å². The van der Waals surface area contributed by atoms with Gasteiger partial charge in [-0.15, -0.1) is 11.3 Å². The van der Waals surface area contributed by atoms with Crippen LogP contribution in [0.15, 0.2) is 0 Å². The predicted molar refractivity (Wildman–Crippen MR) is 80.8 cm³/mol. The highest BCUT2D eigenvalue weighted by atomic mass is 35.5. The molecule has 0 aromatic carbocycles. The molecule has 0 unspecified atom stereocenters. The summed E-state index contributed by atoms with van der Waals surface area (Å²) in [5, 5.41) is 13.3. The molecule has 1 aliphatic rings. The van der Waals surface area contributed by atoms with Gasteiger partial charge in [-0.05, 0) is 36.4 Å². The van der Waals surface area contributed by atoms with Gasteiger partial charge in [0, 0.05) is 11.4 Å². The maximum atomic E-state index is 8.66. The SMILES string of the molecule is OCCOCCNc1nc(Cl)nc2sc3c(c12)CCC3. The Hall–Kier alpha value is -0.950. The average Bonchev–Trinajstić information content (AvgIpc) is 2.98. The Morgan fingerprint density at radius 3 is 3.05 bits per heavy atom. The number of hydrogen-bond donors (Lipinski definition) is 2. The third-order valence-corrected chi connectivity index (χ3v) is 4.67. The molecule has 0 amide bonds. The molecule has 0 aliphatic heterocycles. The first-order valence-electron chi connectivity index (χ1n) is 6.70. The van der Waals surface area contributed by atoms with Crippen molar-refractivity contribution in [2.45, 2.75) is 19.3 Å². The largest absolute Gasteiger partial charge is 0.394 e. The monoisotopic (exact) mass is 313 g/mol. The van der Waals surface area contributed by atoms with Gasteiger partial charge in [0.2, 0.25) is 5.28 Å². The van der Waals surface area contributed by atoms with Gasteiger partial charge >= 0.3 is 0 Å². The highest BCUT2D eigenvalue weighted by Crippen LogP contribution is 2.39. The van der Waals surface area contributed by atoms with Gasteiger partial charge in [0.15, 0.2) is 0 Å². The first kappa shape index (κ1) is 14.0. The molecule has 5 nitrogen and oxygen atoms in total. The molecule has 0 saturated heterocycles. The number of nitrogens with zero attached hydrogens (tertiary/aromatic N) is 2. The number of aromatic nitrogens is 2. The van der Waals surface area contributed by atoms with Crippen LogP contribution in [0.3, 0.4) is 0 Å². The van der Waals surface area contributed by atoms with Crippen molar-refractivity contribution in [3.05, 3.63) is 15.7 Å². The quantitative estimate of drug-likeness (QED) is 0.632. The molecule has 108 valence electrons. The molecule has 3 rings (SSSR count). The van der Waals surface area contributed by atoms with E-state index >= 15 is 0 Å². The van der Waals surface area contributed by atoms with Crippen molar-refractivity contribution in [3.8, 4) is 0 Å². The molecule has 0 saturated carbocycles. The number of thiophene rings is 1. The van der Waals surface area contributed by atoms with Crippen LogP contribution in [-0.2, 0) is 17.6 Å². The summed E-state index contributed by atoms with van der Waals surface area (Å²) in [6.45, 7) is 1.56. The van der Waals surface area contributed by atoms with E-state index in [9.17, 15) is 0 Å². The summed E-state index contributed by atoms with van der Waals surface area (Å²) in [6, 6.07) is 0.